The molecule has 1 atom stereocenters. The standard InChI is InChI=1S/C5H12N2O3/c6-5(10)7-4(9)2-1-3-8/h4,8-9H,1-3H2,(H3,6,7,10). The van der Waals surface area contributed by atoms with Crippen LogP contribution in [0.5, 0.6) is 0 Å². The largest absolute Gasteiger partial charge is 0.396 e. The summed E-state index contributed by atoms with van der Waals surface area (Å²) in [5, 5.41) is 19.2. The van der Waals surface area contributed by atoms with E-state index in [0.717, 1.165) is 0 Å². The van der Waals surface area contributed by atoms with Crippen molar-refractivity contribution in [2.24, 2.45) is 5.73 Å². The van der Waals surface area contributed by atoms with Gasteiger partial charge in [-0.2, -0.15) is 0 Å². The number of urea groups is 1. The molecule has 0 aliphatic carbocycles. The van der Waals surface area contributed by atoms with Crippen molar-refractivity contribution in [2.75, 3.05) is 6.61 Å². The summed E-state index contributed by atoms with van der Waals surface area (Å²) in [6, 6.07) is -0.759. The maximum Gasteiger partial charge on any atom is 0.314 e. The average Bonchev–Trinajstić information content (AvgIpc) is 1.82. The predicted octanol–water partition coefficient (Wildman–Crippen LogP) is -1.25. The second-order valence-electron chi connectivity index (χ2n) is 1.89. The number of carbonyl (C=O) groups is 1. The molecule has 0 spiro atoms. The van der Waals surface area contributed by atoms with Crippen LogP contribution in [0.3, 0.4) is 0 Å². The Morgan fingerprint density at radius 2 is 2.30 bits per heavy atom. The Labute approximate surface area is 58.8 Å². The van der Waals surface area contributed by atoms with E-state index in [1.54, 1.807) is 0 Å². The first kappa shape index (κ1) is 9.19. The van der Waals surface area contributed by atoms with Crippen molar-refractivity contribution in [1.82, 2.24) is 5.32 Å². The minimum absolute atomic E-state index is 0.00248. The van der Waals surface area contributed by atoms with E-state index in [0.29, 0.717) is 12.8 Å². The van der Waals surface area contributed by atoms with Crippen molar-refractivity contribution in [3.8, 4) is 0 Å². The number of nitrogens with one attached hydrogen (secondary N) is 1. The molecule has 0 aliphatic rings. The molecule has 1 unspecified atom stereocenters. The minimum atomic E-state index is -0.940. The lowest BCUT2D eigenvalue weighted by molar-refractivity contribution is 0.124. The number of hydrogen-bond acceptors (Lipinski definition) is 3. The molecule has 2 amide bonds. The summed E-state index contributed by atoms with van der Waals surface area (Å²) in [7, 11) is 0. The van der Waals surface area contributed by atoms with Gasteiger partial charge in [-0.15, -0.1) is 0 Å². The third kappa shape index (κ3) is 5.33. The summed E-state index contributed by atoms with van der Waals surface area (Å²) >= 11 is 0. The highest BCUT2D eigenvalue weighted by Gasteiger charge is 2.03. The second-order valence-corrected chi connectivity index (χ2v) is 1.89. The van der Waals surface area contributed by atoms with Crippen LogP contribution in [0, 0.1) is 0 Å². The van der Waals surface area contributed by atoms with E-state index in [2.05, 4.69) is 5.32 Å². The van der Waals surface area contributed by atoms with Gasteiger partial charge in [0.15, 0.2) is 0 Å². The summed E-state index contributed by atoms with van der Waals surface area (Å²) in [4.78, 5) is 10.1. The van der Waals surface area contributed by atoms with Gasteiger partial charge in [-0.1, -0.05) is 0 Å². The molecule has 0 saturated heterocycles. The van der Waals surface area contributed by atoms with E-state index in [-0.39, 0.29) is 6.61 Å². The molecule has 0 fully saturated rings. The van der Waals surface area contributed by atoms with Crippen molar-refractivity contribution in [2.45, 2.75) is 19.1 Å². The molecule has 10 heavy (non-hydrogen) atoms. The zero-order valence-electron chi connectivity index (χ0n) is 5.58. The molecular formula is C5H12N2O3. The topological polar surface area (TPSA) is 95.6 Å². The third-order valence-corrected chi connectivity index (χ3v) is 0.945. The van der Waals surface area contributed by atoms with Gasteiger partial charge < -0.3 is 21.3 Å². The lowest BCUT2D eigenvalue weighted by Gasteiger charge is -2.08. The molecule has 5 heteroatoms. The Bertz CT molecular complexity index is 107. The summed E-state index contributed by atoms with van der Waals surface area (Å²) in [5.74, 6) is 0. The number of carbonyl (C=O) groups excluding carboxylic acids is 1. The summed E-state index contributed by atoms with van der Waals surface area (Å²) < 4.78 is 0. The summed E-state index contributed by atoms with van der Waals surface area (Å²) in [6.45, 7) is -0.00248. The number of nitrogens with two attached hydrogens (primary N) is 1. The van der Waals surface area contributed by atoms with Crippen LogP contribution in [0.4, 0.5) is 4.79 Å². The zero-order valence-corrected chi connectivity index (χ0v) is 5.58. The fourth-order valence-corrected chi connectivity index (χ4v) is 0.521. The van der Waals surface area contributed by atoms with Gasteiger partial charge in [0.2, 0.25) is 0 Å². The van der Waals surface area contributed by atoms with Gasteiger partial charge >= 0.3 is 6.03 Å². The first-order chi connectivity index (χ1) is 4.66. The van der Waals surface area contributed by atoms with Gasteiger partial charge in [0.25, 0.3) is 0 Å². The molecule has 0 saturated carbocycles. The molecule has 0 aliphatic heterocycles. The molecule has 0 aromatic heterocycles. The normalized spacial score (nSPS) is 12.6. The van der Waals surface area contributed by atoms with Crippen molar-refractivity contribution in [1.29, 1.82) is 0 Å². The van der Waals surface area contributed by atoms with Crippen molar-refractivity contribution in [3.05, 3.63) is 0 Å². The van der Waals surface area contributed by atoms with Gasteiger partial charge in [0.1, 0.15) is 6.23 Å². The molecule has 5 N–H and O–H groups in total. The minimum Gasteiger partial charge on any atom is -0.396 e. The number of hydrogen-bond donors (Lipinski definition) is 4. The van der Waals surface area contributed by atoms with Crippen LogP contribution in [0.2, 0.25) is 0 Å². The highest BCUT2D eigenvalue weighted by Crippen LogP contribution is 1.90. The average molecular weight is 148 g/mol. The van der Waals surface area contributed by atoms with E-state index in [1.807, 2.05) is 0 Å². The maximum absolute atomic E-state index is 10.1. The molecule has 5 nitrogen and oxygen atoms in total. The fraction of sp³-hybridized carbons (Fsp3) is 0.800. The Kier molecular flexibility index (Phi) is 4.61. The Balaban J connectivity index is 3.25. The van der Waals surface area contributed by atoms with Crippen molar-refractivity contribution >= 4 is 6.03 Å². The van der Waals surface area contributed by atoms with Gasteiger partial charge in [0.05, 0.1) is 0 Å². The van der Waals surface area contributed by atoms with Gasteiger partial charge in [-0.3, -0.25) is 0 Å². The number of aliphatic hydroxyl groups excluding tert-OH is 2. The second kappa shape index (κ2) is 5.01. The van der Waals surface area contributed by atoms with E-state index >= 15 is 0 Å². The molecule has 0 aromatic carbocycles. The smallest absolute Gasteiger partial charge is 0.314 e. The highest BCUT2D eigenvalue weighted by molar-refractivity contribution is 5.71. The van der Waals surface area contributed by atoms with Gasteiger partial charge in [0, 0.05) is 6.61 Å². The Morgan fingerprint density at radius 3 is 2.70 bits per heavy atom. The molecule has 0 bridgehead atoms. The number of primary amides is 1. The Hall–Kier alpha value is -0.810. The monoisotopic (exact) mass is 148 g/mol. The van der Waals surface area contributed by atoms with Crippen molar-refractivity contribution < 1.29 is 15.0 Å². The fourth-order valence-electron chi connectivity index (χ4n) is 0.521. The SMILES string of the molecule is NC(=O)NC(O)CCCO. The van der Waals surface area contributed by atoms with Crippen LogP contribution in [-0.4, -0.2) is 29.1 Å². The molecule has 0 aromatic rings. The first-order valence-corrected chi connectivity index (χ1v) is 3.01. The van der Waals surface area contributed by atoms with Crippen molar-refractivity contribution in [3.63, 3.8) is 0 Å². The predicted molar refractivity (Wildman–Crippen MR) is 35.0 cm³/mol. The number of rotatable bonds is 4. The van der Waals surface area contributed by atoms with Crippen LogP contribution < -0.4 is 11.1 Å². The maximum atomic E-state index is 10.1. The van der Waals surface area contributed by atoms with Crippen LogP contribution >= 0.6 is 0 Å². The molecule has 0 radical (unpaired) electrons. The van der Waals surface area contributed by atoms with E-state index in [9.17, 15) is 4.79 Å². The van der Waals surface area contributed by atoms with E-state index in [4.69, 9.17) is 15.9 Å². The third-order valence-electron chi connectivity index (χ3n) is 0.945. The molecule has 60 valence electrons. The van der Waals surface area contributed by atoms with Gasteiger partial charge in [-0.05, 0) is 12.8 Å². The molecule has 0 rings (SSSR count). The number of aliphatic hydroxyl groups is 2. The summed E-state index contributed by atoms with van der Waals surface area (Å²) in [6.07, 6.45) is -0.175. The zero-order chi connectivity index (χ0) is 7.98. The van der Waals surface area contributed by atoms with Crippen LogP contribution in [-0.2, 0) is 0 Å². The lowest BCUT2D eigenvalue weighted by atomic mass is 10.3. The van der Waals surface area contributed by atoms with Crippen LogP contribution in [0.15, 0.2) is 0 Å². The van der Waals surface area contributed by atoms with E-state index < -0.39 is 12.3 Å². The Morgan fingerprint density at radius 1 is 1.70 bits per heavy atom. The first-order valence-electron chi connectivity index (χ1n) is 3.01. The number of amides is 2. The quantitative estimate of drug-likeness (QED) is 0.375. The molecule has 0 heterocycles. The highest BCUT2D eigenvalue weighted by atomic mass is 16.3. The lowest BCUT2D eigenvalue weighted by Crippen LogP contribution is -2.38. The molecular weight excluding hydrogens is 136 g/mol. The summed E-state index contributed by atoms with van der Waals surface area (Å²) in [5.41, 5.74) is 4.69. The van der Waals surface area contributed by atoms with Crippen LogP contribution in [0.1, 0.15) is 12.8 Å². The van der Waals surface area contributed by atoms with E-state index in [1.165, 1.54) is 0 Å². The van der Waals surface area contributed by atoms with Crippen LogP contribution in [0.25, 0.3) is 0 Å². The van der Waals surface area contributed by atoms with Gasteiger partial charge in [-0.25, -0.2) is 4.79 Å².